The maximum absolute atomic E-state index is 13.4. The van der Waals surface area contributed by atoms with E-state index < -0.39 is 5.54 Å². The maximum Gasteiger partial charge on any atom is 0.318 e. The molecule has 6 heterocycles. The number of aromatic nitrogens is 5. The van der Waals surface area contributed by atoms with Crippen molar-refractivity contribution in [2.45, 2.75) is 57.2 Å². The van der Waals surface area contributed by atoms with Crippen LogP contribution in [0.2, 0.25) is 5.02 Å². The second-order valence-electron chi connectivity index (χ2n) is 11.4. The first-order valence-corrected chi connectivity index (χ1v) is 14.1. The summed E-state index contributed by atoms with van der Waals surface area (Å²) >= 11 is 6.37. The first-order valence-electron chi connectivity index (χ1n) is 13.7. The number of nitrogen functional groups attached to an aromatic ring is 1. The summed E-state index contributed by atoms with van der Waals surface area (Å²) in [6.07, 6.45) is 10.1. The van der Waals surface area contributed by atoms with Gasteiger partial charge in [0, 0.05) is 67.3 Å². The van der Waals surface area contributed by atoms with E-state index in [1.165, 1.54) is 0 Å². The van der Waals surface area contributed by atoms with E-state index in [0.717, 1.165) is 47.5 Å². The summed E-state index contributed by atoms with van der Waals surface area (Å²) in [5.74, 6) is 0.835. The van der Waals surface area contributed by atoms with Crippen molar-refractivity contribution in [3.63, 3.8) is 0 Å². The van der Waals surface area contributed by atoms with E-state index in [9.17, 15) is 4.79 Å². The number of aryl methyl sites for hydroxylation is 1. The molecule has 11 heteroatoms. The molecule has 4 aromatic heterocycles. The molecule has 2 aliphatic rings. The van der Waals surface area contributed by atoms with Gasteiger partial charge < -0.3 is 20.7 Å². The van der Waals surface area contributed by atoms with Crippen molar-refractivity contribution in [1.29, 1.82) is 0 Å². The Morgan fingerprint density at radius 1 is 1.12 bits per heavy atom. The van der Waals surface area contributed by atoms with Crippen molar-refractivity contribution >= 4 is 23.4 Å². The number of nitrogens with one attached hydrogen (secondary N) is 1. The number of carbonyl (C=O) groups excluding carboxylic acids is 1. The van der Waals surface area contributed by atoms with Crippen LogP contribution in [0.5, 0.6) is 5.75 Å². The van der Waals surface area contributed by atoms with Gasteiger partial charge in [0.2, 0.25) is 0 Å². The summed E-state index contributed by atoms with van der Waals surface area (Å²) in [7, 11) is 0. The van der Waals surface area contributed by atoms with Crippen molar-refractivity contribution in [1.82, 2.24) is 34.9 Å². The Bertz CT molecular complexity index is 1590. The highest BCUT2D eigenvalue weighted by Crippen LogP contribution is 2.44. The number of fused-ring (bicyclic) bond motifs is 2. The van der Waals surface area contributed by atoms with Gasteiger partial charge in [0.05, 0.1) is 16.3 Å². The zero-order chi connectivity index (χ0) is 28.8. The summed E-state index contributed by atoms with van der Waals surface area (Å²) in [5.41, 5.74) is 9.99. The van der Waals surface area contributed by atoms with Crippen LogP contribution in [0.3, 0.4) is 0 Å². The largest absolute Gasteiger partial charge is 0.482 e. The molecule has 1 fully saturated rings. The molecule has 0 bridgehead atoms. The summed E-state index contributed by atoms with van der Waals surface area (Å²) in [6.45, 7) is 7.96. The van der Waals surface area contributed by atoms with Gasteiger partial charge in [-0.1, -0.05) is 11.6 Å². The average Bonchev–Trinajstić information content (AvgIpc) is 3.67. The Balaban J connectivity index is 1.19. The van der Waals surface area contributed by atoms with Crippen molar-refractivity contribution in [2.24, 2.45) is 0 Å². The van der Waals surface area contributed by atoms with Crippen LogP contribution in [0.4, 0.5) is 10.6 Å². The van der Waals surface area contributed by atoms with E-state index in [1.807, 2.05) is 49.9 Å². The number of anilines is 1. The number of carbonyl (C=O) groups is 1. The summed E-state index contributed by atoms with van der Waals surface area (Å²) < 4.78 is 8.23. The predicted molar refractivity (Wildman–Crippen MR) is 156 cm³/mol. The Hall–Kier alpha value is -4.18. The number of hydrogen-bond acceptors (Lipinski definition) is 7. The highest BCUT2D eigenvalue weighted by molar-refractivity contribution is 6.31. The number of urea groups is 1. The van der Waals surface area contributed by atoms with Gasteiger partial charge in [-0.2, -0.15) is 5.10 Å². The fourth-order valence-electron chi connectivity index (χ4n) is 5.94. The first-order chi connectivity index (χ1) is 19.6. The van der Waals surface area contributed by atoms with E-state index in [0.29, 0.717) is 29.7 Å². The molecular formula is C30H33ClN8O2. The lowest BCUT2D eigenvalue weighted by Gasteiger charge is -2.31. The SMILES string of the molecule is C[C@@H](Oc1cc(-c2cc3n(n2)CCC32CCN(C(=O)NC(C)(C)c3ccncc3Cl)C2)cnc1N)c1ccncc1. The number of halogens is 1. The molecule has 0 radical (unpaired) electrons. The van der Waals surface area contributed by atoms with E-state index in [4.69, 9.17) is 27.2 Å². The van der Waals surface area contributed by atoms with Gasteiger partial charge in [-0.3, -0.25) is 14.6 Å². The van der Waals surface area contributed by atoms with Crippen LogP contribution in [0.15, 0.2) is 61.3 Å². The molecule has 2 atom stereocenters. The number of nitrogens with zero attached hydrogens (tertiary/aromatic N) is 6. The summed E-state index contributed by atoms with van der Waals surface area (Å²) in [5, 5.41) is 8.60. The monoisotopic (exact) mass is 572 g/mol. The van der Waals surface area contributed by atoms with Gasteiger partial charge in [0.25, 0.3) is 0 Å². The lowest BCUT2D eigenvalue weighted by Crippen LogP contribution is -2.48. The lowest BCUT2D eigenvalue weighted by molar-refractivity contribution is 0.194. The summed E-state index contributed by atoms with van der Waals surface area (Å²) in [6, 6.07) is 9.58. The third-order valence-corrected chi connectivity index (χ3v) is 8.59. The van der Waals surface area contributed by atoms with Crippen LogP contribution >= 0.6 is 11.6 Å². The van der Waals surface area contributed by atoms with Gasteiger partial charge in [-0.25, -0.2) is 9.78 Å². The van der Waals surface area contributed by atoms with Gasteiger partial charge in [-0.05, 0) is 75.1 Å². The van der Waals surface area contributed by atoms with Gasteiger partial charge in [0.1, 0.15) is 6.10 Å². The molecule has 0 aliphatic carbocycles. The number of pyridine rings is 3. The molecular weight excluding hydrogens is 540 g/mol. The van der Waals surface area contributed by atoms with E-state index in [2.05, 4.69) is 31.0 Å². The Kier molecular flexibility index (Phi) is 6.81. The average molecular weight is 573 g/mol. The minimum absolute atomic E-state index is 0.106. The maximum atomic E-state index is 13.4. The normalized spacial score (nSPS) is 18.9. The third-order valence-electron chi connectivity index (χ3n) is 8.29. The molecule has 3 N–H and O–H groups in total. The zero-order valence-corrected chi connectivity index (χ0v) is 24.1. The van der Waals surface area contributed by atoms with Crippen molar-refractivity contribution < 1.29 is 9.53 Å². The number of ether oxygens (including phenoxy) is 1. The molecule has 1 spiro atoms. The smallest absolute Gasteiger partial charge is 0.318 e. The third kappa shape index (κ3) is 5.08. The fraction of sp³-hybridized carbons (Fsp3) is 0.367. The molecule has 212 valence electrons. The van der Waals surface area contributed by atoms with Gasteiger partial charge in [0.15, 0.2) is 11.6 Å². The van der Waals surface area contributed by atoms with Crippen LogP contribution < -0.4 is 15.8 Å². The summed E-state index contributed by atoms with van der Waals surface area (Å²) in [4.78, 5) is 27.8. The number of amides is 2. The molecule has 10 nitrogen and oxygen atoms in total. The number of likely N-dealkylation sites (tertiary alicyclic amines) is 1. The van der Waals surface area contributed by atoms with Gasteiger partial charge in [-0.15, -0.1) is 0 Å². The van der Waals surface area contributed by atoms with Crippen LogP contribution in [0.25, 0.3) is 11.3 Å². The molecule has 0 saturated carbocycles. The minimum atomic E-state index is -0.645. The molecule has 4 aromatic rings. The Labute approximate surface area is 243 Å². The topological polar surface area (TPSA) is 124 Å². The Morgan fingerprint density at radius 3 is 2.66 bits per heavy atom. The Morgan fingerprint density at radius 2 is 1.88 bits per heavy atom. The highest BCUT2D eigenvalue weighted by Gasteiger charge is 2.47. The molecule has 1 unspecified atom stereocenters. The van der Waals surface area contributed by atoms with Crippen LogP contribution in [0.1, 0.15) is 56.5 Å². The highest BCUT2D eigenvalue weighted by atomic mass is 35.5. The van der Waals surface area contributed by atoms with Crippen molar-refractivity contribution in [3.8, 4) is 17.0 Å². The minimum Gasteiger partial charge on any atom is -0.482 e. The van der Waals surface area contributed by atoms with E-state index >= 15 is 0 Å². The number of nitrogens with two attached hydrogens (primary N) is 1. The predicted octanol–water partition coefficient (Wildman–Crippen LogP) is 5.10. The molecule has 0 aromatic carbocycles. The molecule has 41 heavy (non-hydrogen) atoms. The molecule has 6 rings (SSSR count). The lowest BCUT2D eigenvalue weighted by atomic mass is 9.82. The van der Waals surface area contributed by atoms with E-state index in [1.54, 1.807) is 31.0 Å². The van der Waals surface area contributed by atoms with Crippen molar-refractivity contribution in [3.05, 3.63) is 83.2 Å². The van der Waals surface area contributed by atoms with E-state index in [-0.39, 0.29) is 17.6 Å². The van der Waals surface area contributed by atoms with Gasteiger partial charge >= 0.3 is 6.03 Å². The number of rotatable bonds is 6. The van der Waals surface area contributed by atoms with Crippen molar-refractivity contribution in [2.75, 3.05) is 18.8 Å². The fourth-order valence-corrected chi connectivity index (χ4v) is 6.30. The second kappa shape index (κ2) is 10.3. The second-order valence-corrected chi connectivity index (χ2v) is 11.8. The first kappa shape index (κ1) is 27.0. The molecule has 2 amide bonds. The molecule has 2 aliphatic heterocycles. The van der Waals surface area contributed by atoms with Crippen LogP contribution in [0, 0.1) is 0 Å². The molecule has 1 saturated heterocycles. The van der Waals surface area contributed by atoms with Crippen LogP contribution in [-0.4, -0.2) is 48.8 Å². The quantitative estimate of drug-likeness (QED) is 0.329. The zero-order valence-electron chi connectivity index (χ0n) is 23.3. The standard InChI is InChI=1S/C30H33ClN8O2/c1-19(20-4-9-33-10-5-20)41-25-14-21(16-35-27(25)32)24-15-26-30(8-13-39(26)37-24)7-12-38(18-30)28(40)36-29(2,3)22-6-11-34-17-23(22)31/h4-6,9-11,14-17,19H,7-8,12-13,18H2,1-3H3,(H2,32,35)(H,36,40)/t19-,30?/m1/s1. The number of hydrogen-bond donors (Lipinski definition) is 2. The van der Waals surface area contributed by atoms with Crippen LogP contribution in [-0.2, 0) is 17.5 Å².